The van der Waals surface area contributed by atoms with Crippen molar-refractivity contribution in [3.63, 3.8) is 0 Å². The Balaban J connectivity index is 1.27. The van der Waals surface area contributed by atoms with Crippen molar-refractivity contribution in [3.05, 3.63) is 101 Å². The summed E-state index contributed by atoms with van der Waals surface area (Å²) in [5.74, 6) is 2.19. The molecule has 42 heavy (non-hydrogen) atoms. The summed E-state index contributed by atoms with van der Waals surface area (Å²) >= 11 is 6.48. The number of fused-ring (bicyclic) bond motifs is 1. The predicted molar refractivity (Wildman–Crippen MR) is 163 cm³/mol. The van der Waals surface area contributed by atoms with E-state index in [0.29, 0.717) is 52.5 Å². The Morgan fingerprint density at radius 1 is 1.02 bits per heavy atom. The molecule has 0 fully saturated rings. The van der Waals surface area contributed by atoms with Gasteiger partial charge in [0.05, 0.1) is 28.1 Å². The van der Waals surface area contributed by atoms with Crippen molar-refractivity contribution in [1.29, 1.82) is 0 Å². The number of nitrogens with zero attached hydrogens (tertiary/aromatic N) is 2. The number of rotatable bonds is 12. The Labute approximate surface area is 248 Å². The summed E-state index contributed by atoms with van der Waals surface area (Å²) in [6.45, 7) is 4.32. The van der Waals surface area contributed by atoms with Crippen LogP contribution >= 0.6 is 11.6 Å². The van der Waals surface area contributed by atoms with Gasteiger partial charge in [-0.3, -0.25) is 0 Å². The Morgan fingerprint density at radius 2 is 1.88 bits per heavy atom. The number of hydrogen-bond donors (Lipinski definition) is 2. The van der Waals surface area contributed by atoms with Crippen LogP contribution in [-0.4, -0.2) is 35.9 Å². The number of anilines is 2. The van der Waals surface area contributed by atoms with Gasteiger partial charge in [-0.25, -0.2) is 22.8 Å². The molecule has 0 saturated carbocycles. The standard InChI is InChI=1S/C31H30ClFN4O4S/c1-20(2)42(38,39)13-12-34-17-25-8-11-29(41-25)22-6-9-28-26(15-22)31(36-19-35-28)37-24-7-10-30(27(32)16-24)40-18-21-4-3-5-23(33)14-21/h3-11,14-16,19-20,34H,12-13,17-18H2,1-2H3,(H,35,36,37). The van der Waals surface area contributed by atoms with Crippen LogP contribution in [0.2, 0.25) is 5.02 Å². The van der Waals surface area contributed by atoms with Crippen LogP contribution in [-0.2, 0) is 23.0 Å². The smallest absolute Gasteiger partial charge is 0.153 e. The predicted octanol–water partition coefficient (Wildman–Crippen LogP) is 6.92. The van der Waals surface area contributed by atoms with Crippen LogP contribution in [0.25, 0.3) is 22.2 Å². The highest BCUT2D eigenvalue weighted by Crippen LogP contribution is 2.33. The summed E-state index contributed by atoms with van der Waals surface area (Å²) in [5, 5.41) is 7.22. The molecule has 0 radical (unpaired) electrons. The third-order valence-electron chi connectivity index (χ3n) is 6.64. The van der Waals surface area contributed by atoms with E-state index in [-0.39, 0.29) is 18.2 Å². The van der Waals surface area contributed by atoms with E-state index >= 15 is 0 Å². The molecule has 0 amide bonds. The average Bonchev–Trinajstić information content (AvgIpc) is 3.44. The second-order valence-electron chi connectivity index (χ2n) is 10.0. The highest BCUT2D eigenvalue weighted by atomic mass is 35.5. The first-order valence-corrected chi connectivity index (χ1v) is 15.5. The molecule has 0 aliphatic rings. The monoisotopic (exact) mass is 608 g/mol. The summed E-state index contributed by atoms with van der Waals surface area (Å²) < 4.78 is 49.2. The van der Waals surface area contributed by atoms with Crippen LogP contribution < -0.4 is 15.4 Å². The molecule has 2 N–H and O–H groups in total. The van der Waals surface area contributed by atoms with E-state index in [0.717, 1.165) is 16.5 Å². The number of halogens is 2. The molecule has 0 atom stereocenters. The fourth-order valence-electron chi connectivity index (χ4n) is 4.22. The molecule has 0 aliphatic carbocycles. The van der Waals surface area contributed by atoms with Gasteiger partial charge in [-0.05, 0) is 80.1 Å². The molecule has 5 rings (SSSR count). The van der Waals surface area contributed by atoms with Crippen molar-refractivity contribution < 1.29 is 22.0 Å². The molecule has 0 spiro atoms. The minimum absolute atomic E-state index is 0.0779. The Bertz CT molecular complexity index is 1810. The van der Waals surface area contributed by atoms with Crippen LogP contribution in [0.4, 0.5) is 15.9 Å². The van der Waals surface area contributed by atoms with E-state index in [1.807, 2.05) is 36.4 Å². The van der Waals surface area contributed by atoms with Crippen LogP contribution in [0.1, 0.15) is 25.2 Å². The third-order valence-corrected chi connectivity index (χ3v) is 9.15. The van der Waals surface area contributed by atoms with Crippen LogP contribution in [0, 0.1) is 5.82 Å². The van der Waals surface area contributed by atoms with Crippen LogP contribution in [0.15, 0.2) is 83.5 Å². The summed E-state index contributed by atoms with van der Waals surface area (Å²) in [7, 11) is -3.09. The highest BCUT2D eigenvalue weighted by molar-refractivity contribution is 7.92. The van der Waals surface area contributed by atoms with Crippen molar-refractivity contribution in [1.82, 2.24) is 15.3 Å². The summed E-state index contributed by atoms with van der Waals surface area (Å²) in [6, 6.07) is 21.0. The molecule has 0 saturated heterocycles. The van der Waals surface area contributed by atoms with Crippen molar-refractivity contribution in [2.24, 2.45) is 0 Å². The lowest BCUT2D eigenvalue weighted by atomic mass is 10.1. The molecule has 8 nitrogen and oxygen atoms in total. The molecule has 218 valence electrons. The molecule has 0 aliphatic heterocycles. The molecule has 11 heteroatoms. The van der Waals surface area contributed by atoms with Crippen molar-refractivity contribution >= 4 is 43.8 Å². The maximum atomic E-state index is 13.5. The first kappa shape index (κ1) is 29.5. The first-order valence-electron chi connectivity index (χ1n) is 13.4. The Hall–Kier alpha value is -3.99. The molecular weight excluding hydrogens is 579 g/mol. The van der Waals surface area contributed by atoms with E-state index in [1.54, 1.807) is 38.1 Å². The molecular formula is C31H30ClFN4O4S. The number of ether oxygens (including phenoxy) is 1. The second-order valence-corrected chi connectivity index (χ2v) is 13.1. The van der Waals surface area contributed by atoms with Gasteiger partial charge >= 0.3 is 0 Å². The zero-order valence-corrected chi connectivity index (χ0v) is 24.7. The van der Waals surface area contributed by atoms with E-state index in [1.165, 1.54) is 18.5 Å². The minimum atomic E-state index is -3.09. The van der Waals surface area contributed by atoms with E-state index < -0.39 is 15.1 Å². The van der Waals surface area contributed by atoms with Gasteiger partial charge in [0.25, 0.3) is 0 Å². The van der Waals surface area contributed by atoms with Crippen LogP contribution in [0.3, 0.4) is 0 Å². The zero-order valence-electron chi connectivity index (χ0n) is 23.1. The lowest BCUT2D eigenvalue weighted by Gasteiger charge is -2.12. The van der Waals surface area contributed by atoms with Gasteiger partial charge < -0.3 is 19.8 Å². The van der Waals surface area contributed by atoms with Crippen molar-refractivity contribution in [3.8, 4) is 17.1 Å². The molecule has 0 bridgehead atoms. The number of sulfone groups is 1. The zero-order chi connectivity index (χ0) is 29.7. The second kappa shape index (κ2) is 12.9. The summed E-state index contributed by atoms with van der Waals surface area (Å²) in [4.78, 5) is 8.82. The SMILES string of the molecule is CC(C)S(=O)(=O)CCNCc1ccc(-c2ccc3ncnc(Nc4ccc(OCc5cccc(F)c5)c(Cl)c4)c3c2)o1. The van der Waals surface area contributed by atoms with Gasteiger partial charge in [-0.1, -0.05) is 23.7 Å². The fraction of sp³-hybridized carbons (Fsp3) is 0.226. The Kier molecular flexibility index (Phi) is 9.06. The first-order chi connectivity index (χ1) is 20.2. The van der Waals surface area contributed by atoms with Gasteiger partial charge in [-0.2, -0.15) is 0 Å². The van der Waals surface area contributed by atoms with Crippen molar-refractivity contribution in [2.45, 2.75) is 32.2 Å². The van der Waals surface area contributed by atoms with Gasteiger partial charge in [0.2, 0.25) is 0 Å². The maximum absolute atomic E-state index is 13.5. The number of hydrogen-bond acceptors (Lipinski definition) is 8. The highest BCUT2D eigenvalue weighted by Gasteiger charge is 2.15. The number of nitrogens with one attached hydrogen (secondary N) is 2. The minimum Gasteiger partial charge on any atom is -0.487 e. The van der Waals surface area contributed by atoms with Gasteiger partial charge in [0.15, 0.2) is 9.84 Å². The van der Waals surface area contributed by atoms with E-state index in [9.17, 15) is 12.8 Å². The average molecular weight is 609 g/mol. The molecule has 2 aromatic heterocycles. The van der Waals surface area contributed by atoms with Gasteiger partial charge in [0.1, 0.15) is 41.8 Å². The van der Waals surface area contributed by atoms with E-state index in [2.05, 4.69) is 20.6 Å². The van der Waals surface area contributed by atoms with Crippen LogP contribution in [0.5, 0.6) is 5.75 Å². The lowest BCUT2D eigenvalue weighted by molar-refractivity contribution is 0.306. The molecule has 3 aromatic carbocycles. The number of aromatic nitrogens is 2. The normalized spacial score (nSPS) is 11.7. The number of benzene rings is 3. The topological polar surface area (TPSA) is 106 Å². The maximum Gasteiger partial charge on any atom is 0.153 e. The molecule has 5 aromatic rings. The fourth-order valence-corrected chi connectivity index (χ4v) is 5.35. The third kappa shape index (κ3) is 7.25. The quantitative estimate of drug-likeness (QED) is 0.147. The lowest BCUT2D eigenvalue weighted by Crippen LogP contribution is -2.26. The number of furan rings is 1. The molecule has 0 unspecified atom stereocenters. The largest absolute Gasteiger partial charge is 0.487 e. The van der Waals surface area contributed by atoms with Gasteiger partial charge in [-0.15, -0.1) is 0 Å². The van der Waals surface area contributed by atoms with E-state index in [4.69, 9.17) is 20.8 Å². The summed E-state index contributed by atoms with van der Waals surface area (Å²) in [5.41, 5.74) is 2.99. The Morgan fingerprint density at radius 3 is 2.67 bits per heavy atom. The summed E-state index contributed by atoms with van der Waals surface area (Å²) in [6.07, 6.45) is 1.48. The van der Waals surface area contributed by atoms with Crippen molar-refractivity contribution in [2.75, 3.05) is 17.6 Å². The molecule has 2 heterocycles. The van der Waals surface area contributed by atoms with Gasteiger partial charge in [0, 0.05) is 23.2 Å².